The Labute approximate surface area is 197 Å². The largest absolute Gasteiger partial charge is 0.323 e. The van der Waals surface area contributed by atoms with Crippen molar-refractivity contribution in [3.8, 4) is 0 Å². The summed E-state index contributed by atoms with van der Waals surface area (Å²) in [6, 6.07) is 4.09. The van der Waals surface area contributed by atoms with E-state index in [1.807, 2.05) is 13.8 Å². The molecule has 1 aliphatic heterocycles. The number of hydrogen-bond acceptors (Lipinski definition) is 3. The maximum Gasteiger partial charge on any atom is 0.323 e. The summed E-state index contributed by atoms with van der Waals surface area (Å²) in [5, 5.41) is 13.1. The number of carbonyl (C=O) groups is 2. The van der Waals surface area contributed by atoms with Gasteiger partial charge in [0, 0.05) is 10.0 Å². The second-order valence-electron chi connectivity index (χ2n) is 9.74. The van der Waals surface area contributed by atoms with Gasteiger partial charge in [-0.3, -0.25) is 9.89 Å². The average Bonchev–Trinajstić information content (AvgIpc) is 3.14. The molecule has 2 aliphatic rings. The number of aromatic nitrogens is 2. The minimum Gasteiger partial charge on any atom is -0.309 e. The molecule has 1 aromatic heterocycles. The van der Waals surface area contributed by atoms with Gasteiger partial charge in [0.05, 0.1) is 28.2 Å². The van der Waals surface area contributed by atoms with E-state index < -0.39 is 27.4 Å². The number of rotatable bonds is 4. The third-order valence-corrected chi connectivity index (χ3v) is 10.5. The summed E-state index contributed by atoms with van der Waals surface area (Å²) in [5.74, 6) is -0.0414. The van der Waals surface area contributed by atoms with Gasteiger partial charge in [-0.2, -0.15) is 5.10 Å². The molecular weight excluding hydrogens is 497 g/mol. The van der Waals surface area contributed by atoms with Gasteiger partial charge in [0.1, 0.15) is 5.82 Å². The van der Waals surface area contributed by atoms with Gasteiger partial charge in [-0.05, 0) is 79.9 Å². The number of anilines is 2. The van der Waals surface area contributed by atoms with Crippen LogP contribution in [-0.2, 0) is 16.9 Å². The fraction of sp³-hybridized carbons (Fsp3) is 0.500. The van der Waals surface area contributed by atoms with Gasteiger partial charge in [-0.15, -0.1) is 0 Å². The predicted octanol–water partition coefficient (Wildman–Crippen LogP) is 5.15. The molecule has 1 aliphatic carbocycles. The first-order chi connectivity index (χ1) is 14.9. The number of aromatic amines is 1. The quantitative estimate of drug-likeness (QED) is 0.515. The Hall–Kier alpha value is -2.07. The predicted molar refractivity (Wildman–Crippen MR) is 131 cm³/mol. The second-order valence-corrected chi connectivity index (χ2v) is 15.0. The van der Waals surface area contributed by atoms with E-state index in [4.69, 9.17) is 0 Å². The first-order valence-corrected chi connectivity index (χ1v) is 14.1. The molecule has 0 atom stereocenters. The Bertz CT molecular complexity index is 1070. The molecule has 0 unspecified atom stereocenters. The van der Waals surface area contributed by atoms with Crippen molar-refractivity contribution in [3.63, 3.8) is 0 Å². The number of nitrogens with one attached hydrogen (secondary N) is 3. The molecule has 0 saturated heterocycles. The molecule has 0 spiro atoms. The van der Waals surface area contributed by atoms with Crippen molar-refractivity contribution < 1.29 is 14.0 Å². The summed E-state index contributed by atoms with van der Waals surface area (Å²) in [6.07, 6.45) is 9.37. The van der Waals surface area contributed by atoms with Gasteiger partial charge in [0.15, 0.2) is 5.82 Å². The van der Waals surface area contributed by atoms with Crippen molar-refractivity contribution in [1.29, 1.82) is 0 Å². The zero-order valence-corrected chi connectivity index (χ0v) is 21.3. The number of hydrogen-bond donors (Lipinski definition) is 3. The molecular formula is C22H29BrFN5O2S. The molecule has 32 heavy (non-hydrogen) atoms. The average molecular weight is 526 g/mol. The lowest BCUT2D eigenvalue weighted by molar-refractivity contribution is -0.120. The Morgan fingerprint density at radius 2 is 1.91 bits per heavy atom. The lowest BCUT2D eigenvalue weighted by Gasteiger charge is -2.53. The number of fused-ring (bicyclic) bond motifs is 1. The van der Waals surface area contributed by atoms with E-state index >= 15 is 0 Å². The van der Waals surface area contributed by atoms with Crippen molar-refractivity contribution in [3.05, 3.63) is 39.7 Å². The number of urea groups is 1. The highest BCUT2D eigenvalue weighted by Crippen LogP contribution is 2.60. The van der Waals surface area contributed by atoms with Crippen LogP contribution in [0.25, 0.3) is 0 Å². The third kappa shape index (κ3) is 3.51. The Morgan fingerprint density at radius 3 is 2.47 bits per heavy atom. The standard InChI is InChI=1S/C22H29BrFN5O2S/c1-21(2)17-13(12-29(21)20(31)25-16-14(23)8-6-9-15(16)24)18(28-27-17)26-19(30)22(10-7-11-22)32(3,4)5/h6,8-9H,7,10-12H2,1-5H3,(H,25,31)(H2,26,27,28,30). The first kappa shape index (κ1) is 23.1. The Balaban J connectivity index is 1.56. The van der Waals surface area contributed by atoms with E-state index in [2.05, 4.69) is 55.5 Å². The van der Waals surface area contributed by atoms with Crippen LogP contribution in [0.3, 0.4) is 0 Å². The SMILES string of the molecule is CC1(C)c2[nH]nc(NC(=O)C3(S(C)(C)C)CCC3)c2CN1C(=O)Nc1c(F)cccc1Br. The summed E-state index contributed by atoms with van der Waals surface area (Å²) >= 11 is 3.28. The minimum atomic E-state index is -1.10. The summed E-state index contributed by atoms with van der Waals surface area (Å²) in [7, 11) is -1.10. The highest BCUT2D eigenvalue weighted by atomic mass is 79.9. The van der Waals surface area contributed by atoms with Crippen LogP contribution in [-0.4, -0.2) is 50.5 Å². The van der Waals surface area contributed by atoms with Crippen molar-refractivity contribution >= 4 is 49.4 Å². The summed E-state index contributed by atoms with van der Waals surface area (Å²) in [4.78, 5) is 28.0. The van der Waals surface area contributed by atoms with E-state index in [1.54, 1.807) is 17.0 Å². The van der Waals surface area contributed by atoms with Gasteiger partial charge in [-0.1, -0.05) is 6.07 Å². The highest BCUT2D eigenvalue weighted by molar-refractivity contribution is 9.10. The molecule has 1 aromatic carbocycles. The molecule has 2 aromatic rings. The maximum absolute atomic E-state index is 14.2. The fourth-order valence-electron chi connectivity index (χ4n) is 4.57. The van der Waals surface area contributed by atoms with Crippen LogP contribution >= 0.6 is 26.0 Å². The number of halogens is 2. The number of H-pyrrole nitrogens is 1. The number of amides is 3. The minimum absolute atomic E-state index is 0.0107. The monoisotopic (exact) mass is 525 g/mol. The molecule has 3 N–H and O–H groups in total. The highest BCUT2D eigenvalue weighted by Gasteiger charge is 2.51. The zero-order chi connectivity index (χ0) is 23.5. The third-order valence-electron chi connectivity index (χ3n) is 6.89. The summed E-state index contributed by atoms with van der Waals surface area (Å²) in [5.41, 5.74) is 0.928. The van der Waals surface area contributed by atoms with Crippen molar-refractivity contribution in [2.24, 2.45) is 0 Å². The van der Waals surface area contributed by atoms with Gasteiger partial charge in [-0.25, -0.2) is 19.2 Å². The first-order valence-electron chi connectivity index (χ1n) is 10.5. The molecule has 2 heterocycles. The lowest BCUT2D eigenvalue weighted by Crippen LogP contribution is -2.51. The molecule has 1 fully saturated rings. The number of carbonyl (C=O) groups excluding carboxylic acids is 2. The van der Waals surface area contributed by atoms with E-state index in [0.29, 0.717) is 10.3 Å². The number of benzene rings is 1. The maximum atomic E-state index is 14.2. The second kappa shape index (κ2) is 7.76. The topological polar surface area (TPSA) is 90.1 Å². The number of nitrogens with zero attached hydrogens (tertiary/aromatic N) is 2. The van der Waals surface area contributed by atoms with Crippen LogP contribution in [0, 0.1) is 5.82 Å². The van der Waals surface area contributed by atoms with Gasteiger partial charge in [0.25, 0.3) is 0 Å². The Kier molecular flexibility index (Phi) is 5.60. The normalized spacial score (nSPS) is 19.2. The van der Waals surface area contributed by atoms with E-state index in [-0.39, 0.29) is 22.9 Å². The Morgan fingerprint density at radius 1 is 1.22 bits per heavy atom. The van der Waals surface area contributed by atoms with Crippen LogP contribution in [0.2, 0.25) is 0 Å². The van der Waals surface area contributed by atoms with E-state index in [1.165, 1.54) is 6.07 Å². The van der Waals surface area contributed by atoms with Crippen LogP contribution in [0.4, 0.5) is 20.7 Å². The van der Waals surface area contributed by atoms with E-state index in [9.17, 15) is 14.0 Å². The number of para-hydroxylation sites is 1. The van der Waals surface area contributed by atoms with Crippen LogP contribution in [0.5, 0.6) is 0 Å². The smallest absolute Gasteiger partial charge is 0.309 e. The summed E-state index contributed by atoms with van der Waals surface area (Å²) < 4.78 is 14.4. The van der Waals surface area contributed by atoms with Gasteiger partial charge < -0.3 is 15.5 Å². The molecule has 10 heteroatoms. The van der Waals surface area contributed by atoms with E-state index in [0.717, 1.165) is 30.5 Å². The van der Waals surface area contributed by atoms with Crippen molar-refractivity contribution in [2.45, 2.75) is 49.9 Å². The molecule has 7 nitrogen and oxygen atoms in total. The zero-order valence-electron chi connectivity index (χ0n) is 18.9. The van der Waals surface area contributed by atoms with Gasteiger partial charge >= 0.3 is 6.03 Å². The molecule has 174 valence electrons. The lowest BCUT2D eigenvalue weighted by atomic mass is 9.83. The summed E-state index contributed by atoms with van der Waals surface area (Å²) in [6.45, 7) is 4.04. The molecule has 0 bridgehead atoms. The molecule has 3 amide bonds. The van der Waals surface area contributed by atoms with Crippen LogP contribution in [0.1, 0.15) is 44.4 Å². The molecule has 4 rings (SSSR count). The van der Waals surface area contributed by atoms with Gasteiger partial charge in [0.2, 0.25) is 5.91 Å². The van der Waals surface area contributed by atoms with Crippen molar-refractivity contribution in [2.75, 3.05) is 29.4 Å². The van der Waals surface area contributed by atoms with Crippen LogP contribution in [0.15, 0.2) is 22.7 Å². The molecule has 0 radical (unpaired) electrons. The fourth-order valence-corrected chi connectivity index (χ4v) is 7.14. The van der Waals surface area contributed by atoms with Crippen LogP contribution < -0.4 is 10.6 Å². The molecule has 1 saturated carbocycles. The van der Waals surface area contributed by atoms with Crippen molar-refractivity contribution in [1.82, 2.24) is 15.1 Å².